The van der Waals surface area contributed by atoms with Crippen molar-refractivity contribution in [1.82, 2.24) is 19.8 Å². The molecule has 0 spiro atoms. The summed E-state index contributed by atoms with van der Waals surface area (Å²) in [7, 11) is 0. The van der Waals surface area contributed by atoms with Gasteiger partial charge in [-0.1, -0.05) is 23.2 Å². The van der Waals surface area contributed by atoms with E-state index in [4.69, 9.17) is 23.2 Å². The molecular weight excluding hydrogens is 387 g/mol. The first-order valence-corrected chi connectivity index (χ1v) is 9.46. The van der Waals surface area contributed by atoms with Crippen molar-refractivity contribution < 1.29 is 4.79 Å². The summed E-state index contributed by atoms with van der Waals surface area (Å²) in [6.07, 6.45) is 1.50. The largest absolute Gasteiger partial charge is 0.355 e. The van der Waals surface area contributed by atoms with Crippen LogP contribution in [0.15, 0.2) is 30.3 Å². The van der Waals surface area contributed by atoms with E-state index in [0.717, 1.165) is 43.2 Å². The summed E-state index contributed by atoms with van der Waals surface area (Å²) < 4.78 is 1.73. The minimum atomic E-state index is -0.0561. The highest BCUT2D eigenvalue weighted by molar-refractivity contribution is 6.35. The fourth-order valence-corrected chi connectivity index (χ4v) is 3.82. The Bertz CT molecular complexity index is 976. The van der Waals surface area contributed by atoms with Crippen LogP contribution in [-0.4, -0.2) is 38.8 Å². The predicted octanol–water partition coefficient (Wildman–Crippen LogP) is 3.59. The second kappa shape index (κ2) is 7.32. The first-order chi connectivity index (χ1) is 13.0. The quantitative estimate of drug-likeness (QED) is 0.721. The van der Waals surface area contributed by atoms with E-state index in [1.165, 1.54) is 0 Å². The van der Waals surface area contributed by atoms with Crippen molar-refractivity contribution in [1.29, 1.82) is 0 Å². The summed E-state index contributed by atoms with van der Waals surface area (Å²) >= 11 is 12.0. The van der Waals surface area contributed by atoms with Gasteiger partial charge in [0.05, 0.1) is 0 Å². The van der Waals surface area contributed by atoms with Crippen LogP contribution in [0.1, 0.15) is 18.7 Å². The molecule has 0 aliphatic carbocycles. The molecule has 27 heavy (non-hydrogen) atoms. The highest BCUT2D eigenvalue weighted by Crippen LogP contribution is 2.26. The lowest BCUT2D eigenvalue weighted by Crippen LogP contribution is -2.38. The third-order valence-corrected chi connectivity index (χ3v) is 5.16. The lowest BCUT2D eigenvalue weighted by atomic mass is 9.96. The van der Waals surface area contributed by atoms with Gasteiger partial charge in [0.1, 0.15) is 5.82 Å². The summed E-state index contributed by atoms with van der Waals surface area (Å²) in [4.78, 5) is 14.7. The third kappa shape index (κ3) is 3.84. The van der Waals surface area contributed by atoms with Crippen LogP contribution in [-0.2, 0) is 4.79 Å². The Balaban J connectivity index is 1.40. The van der Waals surface area contributed by atoms with E-state index in [9.17, 15) is 4.79 Å². The number of rotatable bonds is 3. The molecule has 3 heterocycles. The number of anilines is 2. The van der Waals surface area contributed by atoms with E-state index in [-0.39, 0.29) is 11.8 Å². The van der Waals surface area contributed by atoms with Crippen LogP contribution in [0.4, 0.5) is 11.5 Å². The van der Waals surface area contributed by atoms with Gasteiger partial charge in [-0.25, -0.2) is 0 Å². The molecule has 3 aromatic rings. The van der Waals surface area contributed by atoms with Crippen LogP contribution in [0.25, 0.3) is 5.65 Å². The number of hydrogen-bond donors (Lipinski definition) is 1. The molecule has 1 saturated heterocycles. The number of carbonyl (C=O) groups is 1. The van der Waals surface area contributed by atoms with Crippen LogP contribution < -0.4 is 10.2 Å². The monoisotopic (exact) mass is 404 g/mol. The van der Waals surface area contributed by atoms with Crippen molar-refractivity contribution in [2.24, 2.45) is 5.92 Å². The van der Waals surface area contributed by atoms with Crippen molar-refractivity contribution in [2.75, 3.05) is 23.3 Å². The molecule has 1 aliphatic heterocycles. The van der Waals surface area contributed by atoms with Gasteiger partial charge in [-0.05, 0) is 50.1 Å². The van der Waals surface area contributed by atoms with Crippen molar-refractivity contribution in [3.05, 3.63) is 46.2 Å². The smallest absolute Gasteiger partial charge is 0.227 e. The zero-order valence-electron chi connectivity index (χ0n) is 14.7. The van der Waals surface area contributed by atoms with E-state index in [1.54, 1.807) is 22.7 Å². The molecule has 1 aliphatic rings. The van der Waals surface area contributed by atoms with Crippen LogP contribution in [0, 0.1) is 12.8 Å². The molecule has 0 unspecified atom stereocenters. The Labute approximate surface area is 166 Å². The maximum atomic E-state index is 12.6. The summed E-state index contributed by atoms with van der Waals surface area (Å²) in [6, 6.07) is 8.88. The first kappa shape index (κ1) is 18.0. The molecular formula is C18H18Cl2N6O. The Morgan fingerprint density at radius 2 is 1.81 bits per heavy atom. The van der Waals surface area contributed by atoms with E-state index in [1.807, 2.05) is 19.1 Å². The number of aromatic nitrogens is 4. The zero-order valence-corrected chi connectivity index (χ0v) is 16.2. The minimum Gasteiger partial charge on any atom is -0.355 e. The average Bonchev–Trinajstić information content (AvgIpc) is 3.01. The summed E-state index contributed by atoms with van der Waals surface area (Å²) in [5, 5.41) is 16.6. The average molecular weight is 405 g/mol. The second-order valence-corrected chi connectivity index (χ2v) is 7.49. The first-order valence-electron chi connectivity index (χ1n) is 8.70. The van der Waals surface area contributed by atoms with E-state index in [2.05, 4.69) is 25.5 Å². The lowest BCUT2D eigenvalue weighted by Gasteiger charge is -2.32. The number of nitrogens with zero attached hydrogens (tertiary/aromatic N) is 5. The van der Waals surface area contributed by atoms with E-state index >= 15 is 0 Å². The molecule has 0 radical (unpaired) electrons. The molecule has 2 aromatic heterocycles. The van der Waals surface area contributed by atoms with Crippen molar-refractivity contribution in [3.8, 4) is 0 Å². The molecule has 9 heteroatoms. The zero-order chi connectivity index (χ0) is 19.0. The van der Waals surface area contributed by atoms with Crippen molar-refractivity contribution >= 4 is 46.3 Å². The van der Waals surface area contributed by atoms with E-state index in [0.29, 0.717) is 15.7 Å². The number of piperidine rings is 1. The highest BCUT2D eigenvalue weighted by Gasteiger charge is 2.26. The highest BCUT2D eigenvalue weighted by atomic mass is 35.5. The molecule has 0 atom stereocenters. The number of amides is 1. The number of halogens is 2. The van der Waals surface area contributed by atoms with Gasteiger partial charge < -0.3 is 10.2 Å². The summed E-state index contributed by atoms with van der Waals surface area (Å²) in [5.74, 6) is 1.55. The number of hydrogen-bond acceptors (Lipinski definition) is 5. The van der Waals surface area contributed by atoms with Crippen LogP contribution in [0.2, 0.25) is 10.0 Å². The Morgan fingerprint density at radius 3 is 2.52 bits per heavy atom. The van der Waals surface area contributed by atoms with Gasteiger partial charge in [-0.3, -0.25) is 4.79 Å². The predicted molar refractivity (Wildman–Crippen MR) is 106 cm³/mol. The Morgan fingerprint density at radius 1 is 1.11 bits per heavy atom. The van der Waals surface area contributed by atoms with Gasteiger partial charge in [0.15, 0.2) is 11.5 Å². The molecule has 1 fully saturated rings. The number of nitrogens with one attached hydrogen (secondary N) is 1. The number of carbonyl (C=O) groups excluding carboxylic acids is 1. The van der Waals surface area contributed by atoms with Gasteiger partial charge in [0.25, 0.3) is 0 Å². The van der Waals surface area contributed by atoms with Gasteiger partial charge in [-0.2, -0.15) is 4.52 Å². The number of aryl methyl sites for hydroxylation is 1. The Hall–Kier alpha value is -2.38. The summed E-state index contributed by atoms with van der Waals surface area (Å²) in [6.45, 7) is 3.39. The fraction of sp³-hybridized carbons (Fsp3) is 0.333. The third-order valence-electron chi connectivity index (χ3n) is 4.72. The van der Waals surface area contributed by atoms with E-state index < -0.39 is 0 Å². The van der Waals surface area contributed by atoms with Crippen LogP contribution in [0.5, 0.6) is 0 Å². The molecule has 1 N–H and O–H groups in total. The van der Waals surface area contributed by atoms with Crippen molar-refractivity contribution in [3.63, 3.8) is 0 Å². The standard InChI is InChI=1S/C18H18Cl2N6O/c1-11-22-23-16-2-3-17(24-26(11)16)25-6-4-12(5-7-25)18(27)21-15-9-13(19)8-14(20)10-15/h2-3,8-10,12H,4-7H2,1H3,(H,21,27). The minimum absolute atomic E-state index is 0.00829. The van der Waals surface area contributed by atoms with Gasteiger partial charge in [-0.15, -0.1) is 15.3 Å². The van der Waals surface area contributed by atoms with Gasteiger partial charge >= 0.3 is 0 Å². The topological polar surface area (TPSA) is 75.4 Å². The normalized spacial score (nSPS) is 15.3. The maximum absolute atomic E-state index is 12.6. The van der Waals surface area contributed by atoms with Crippen LogP contribution >= 0.6 is 23.2 Å². The maximum Gasteiger partial charge on any atom is 0.227 e. The molecule has 1 aromatic carbocycles. The lowest BCUT2D eigenvalue weighted by molar-refractivity contribution is -0.120. The SMILES string of the molecule is Cc1nnc2ccc(N3CCC(C(=O)Nc4cc(Cl)cc(Cl)c4)CC3)nn12. The molecule has 1 amide bonds. The number of benzene rings is 1. The fourth-order valence-electron chi connectivity index (χ4n) is 3.30. The second-order valence-electron chi connectivity index (χ2n) is 6.62. The molecule has 0 bridgehead atoms. The Kier molecular flexibility index (Phi) is 4.88. The molecule has 0 saturated carbocycles. The van der Waals surface area contributed by atoms with Crippen LogP contribution in [0.3, 0.4) is 0 Å². The van der Waals surface area contributed by atoms with Gasteiger partial charge in [0, 0.05) is 34.7 Å². The summed E-state index contributed by atoms with van der Waals surface area (Å²) in [5.41, 5.74) is 1.35. The number of fused-ring (bicyclic) bond motifs is 1. The van der Waals surface area contributed by atoms with Gasteiger partial charge in [0.2, 0.25) is 5.91 Å². The molecule has 140 valence electrons. The van der Waals surface area contributed by atoms with Crippen molar-refractivity contribution in [2.45, 2.75) is 19.8 Å². The molecule has 7 nitrogen and oxygen atoms in total. The molecule has 4 rings (SSSR count).